The van der Waals surface area contributed by atoms with Crippen LogP contribution >= 0.6 is 0 Å². The Morgan fingerprint density at radius 1 is 1.05 bits per heavy atom. The van der Waals surface area contributed by atoms with Crippen LogP contribution in [-0.4, -0.2) is 23.1 Å². The topological polar surface area (TPSA) is 34.3 Å². The standard InChI is InChI=1S/C19H18N2O/c22-19-11-10-18(21(19)13-14-6-2-1-3-7-14)16-12-20-17-9-5-4-8-15(16)17/h1-9,12,16,18H,10-11,13H2/p+1/t16?,18-/m1/s1. The maximum Gasteiger partial charge on any atom is 0.223 e. The highest BCUT2D eigenvalue weighted by molar-refractivity contribution is 5.81. The summed E-state index contributed by atoms with van der Waals surface area (Å²) in [7, 11) is 0. The summed E-state index contributed by atoms with van der Waals surface area (Å²) in [6, 6.07) is 18.9. The Morgan fingerprint density at radius 2 is 1.82 bits per heavy atom. The highest BCUT2D eigenvalue weighted by atomic mass is 16.2. The lowest BCUT2D eigenvalue weighted by Crippen LogP contribution is -2.59. The van der Waals surface area contributed by atoms with Gasteiger partial charge in [0.05, 0.1) is 5.92 Å². The summed E-state index contributed by atoms with van der Waals surface area (Å²) in [5.74, 6) is 0.554. The van der Waals surface area contributed by atoms with Gasteiger partial charge in [-0.3, -0.25) is 4.79 Å². The lowest BCUT2D eigenvalue weighted by Gasteiger charge is -2.27. The molecule has 2 aliphatic rings. The fourth-order valence-electron chi connectivity index (χ4n) is 3.62. The summed E-state index contributed by atoms with van der Waals surface area (Å²) < 4.78 is 0. The molecule has 0 spiro atoms. The Morgan fingerprint density at radius 3 is 2.68 bits per heavy atom. The Balaban J connectivity index is 1.61. The lowest BCUT2D eigenvalue weighted by atomic mass is 9.91. The van der Waals surface area contributed by atoms with Crippen molar-refractivity contribution in [2.24, 2.45) is 0 Å². The summed E-state index contributed by atoms with van der Waals surface area (Å²) in [5, 5.41) is 0. The Labute approximate surface area is 130 Å². The summed E-state index contributed by atoms with van der Waals surface area (Å²) in [6.45, 7) is 0.705. The van der Waals surface area contributed by atoms with Gasteiger partial charge >= 0.3 is 0 Å². The van der Waals surface area contributed by atoms with Gasteiger partial charge in [0.15, 0.2) is 6.21 Å². The molecule has 1 N–H and O–H groups in total. The van der Waals surface area contributed by atoms with Gasteiger partial charge in [0, 0.05) is 30.6 Å². The van der Waals surface area contributed by atoms with Gasteiger partial charge in [-0.2, -0.15) is 0 Å². The third kappa shape index (κ3) is 2.23. The van der Waals surface area contributed by atoms with Crippen molar-refractivity contribution < 1.29 is 9.79 Å². The van der Waals surface area contributed by atoms with E-state index in [0.29, 0.717) is 13.0 Å². The molecule has 2 atom stereocenters. The number of para-hydroxylation sites is 1. The number of benzene rings is 2. The molecule has 2 aromatic rings. The normalized spacial score (nSPS) is 23.1. The van der Waals surface area contributed by atoms with Gasteiger partial charge in [0.1, 0.15) is 0 Å². The predicted octanol–water partition coefficient (Wildman–Crippen LogP) is 1.76. The molecule has 1 saturated heterocycles. The molecule has 3 heteroatoms. The number of hydrogen-bond acceptors (Lipinski definition) is 1. The second-order valence-corrected chi connectivity index (χ2v) is 6.04. The molecule has 1 fully saturated rings. The van der Waals surface area contributed by atoms with Crippen LogP contribution in [0.5, 0.6) is 0 Å². The second kappa shape index (κ2) is 5.41. The molecule has 3 nitrogen and oxygen atoms in total. The Kier molecular flexibility index (Phi) is 3.26. The Hall–Kier alpha value is -2.42. The van der Waals surface area contributed by atoms with Crippen molar-refractivity contribution in [3.05, 3.63) is 65.7 Å². The van der Waals surface area contributed by atoms with Crippen LogP contribution in [-0.2, 0) is 11.3 Å². The molecule has 0 aromatic heterocycles. The molecule has 110 valence electrons. The third-order valence-corrected chi connectivity index (χ3v) is 4.72. The monoisotopic (exact) mass is 291 g/mol. The third-order valence-electron chi connectivity index (χ3n) is 4.72. The van der Waals surface area contributed by atoms with Gasteiger partial charge in [-0.15, -0.1) is 0 Å². The zero-order valence-electron chi connectivity index (χ0n) is 12.4. The highest BCUT2D eigenvalue weighted by Crippen LogP contribution is 2.34. The maximum atomic E-state index is 12.3. The molecular weight excluding hydrogens is 272 g/mol. The summed E-state index contributed by atoms with van der Waals surface area (Å²) in [4.78, 5) is 17.8. The van der Waals surface area contributed by atoms with Crippen LogP contribution in [0.3, 0.4) is 0 Å². The van der Waals surface area contributed by atoms with Gasteiger partial charge in [0.2, 0.25) is 11.6 Å². The van der Waals surface area contributed by atoms with E-state index in [1.807, 2.05) is 24.3 Å². The van der Waals surface area contributed by atoms with E-state index in [1.165, 1.54) is 16.8 Å². The number of carbonyl (C=O) groups is 1. The number of amides is 1. The molecule has 2 heterocycles. The quantitative estimate of drug-likeness (QED) is 0.918. The first-order valence-corrected chi connectivity index (χ1v) is 7.85. The first-order chi connectivity index (χ1) is 10.8. The number of rotatable bonds is 3. The molecule has 2 aromatic carbocycles. The zero-order chi connectivity index (χ0) is 14.9. The van der Waals surface area contributed by atoms with Crippen molar-refractivity contribution in [2.45, 2.75) is 31.3 Å². The zero-order valence-corrected chi connectivity index (χ0v) is 12.4. The number of hydrogen-bond donors (Lipinski definition) is 1. The van der Waals surface area contributed by atoms with Gasteiger partial charge in [-0.05, 0) is 12.0 Å². The van der Waals surface area contributed by atoms with Crippen LogP contribution in [0, 0.1) is 0 Å². The first kappa shape index (κ1) is 13.3. The minimum atomic E-state index is 0.254. The molecule has 0 bridgehead atoms. The maximum absolute atomic E-state index is 12.3. The fraction of sp³-hybridized carbons (Fsp3) is 0.263. The van der Waals surface area contributed by atoms with Gasteiger partial charge < -0.3 is 4.90 Å². The van der Waals surface area contributed by atoms with Crippen molar-refractivity contribution in [3.8, 4) is 0 Å². The minimum absolute atomic E-state index is 0.254. The van der Waals surface area contributed by atoms with E-state index in [0.717, 1.165) is 6.42 Å². The van der Waals surface area contributed by atoms with E-state index in [2.05, 4.69) is 46.4 Å². The average molecular weight is 291 g/mol. The molecule has 0 radical (unpaired) electrons. The molecule has 0 saturated carbocycles. The number of nitrogens with zero attached hydrogens (tertiary/aromatic N) is 1. The molecule has 0 aliphatic carbocycles. The van der Waals surface area contributed by atoms with Crippen molar-refractivity contribution in [1.82, 2.24) is 4.90 Å². The van der Waals surface area contributed by atoms with E-state index in [-0.39, 0.29) is 17.9 Å². The van der Waals surface area contributed by atoms with E-state index in [1.54, 1.807) is 0 Å². The van der Waals surface area contributed by atoms with Crippen molar-refractivity contribution in [1.29, 1.82) is 0 Å². The molecule has 1 amide bonds. The number of likely N-dealkylation sites (tertiary alicyclic amines) is 1. The molecule has 1 unspecified atom stereocenters. The molecule has 2 aliphatic heterocycles. The van der Waals surface area contributed by atoms with E-state index in [9.17, 15) is 4.79 Å². The summed E-state index contributed by atoms with van der Waals surface area (Å²) in [5.41, 5.74) is 3.67. The highest BCUT2D eigenvalue weighted by Gasteiger charge is 2.41. The van der Waals surface area contributed by atoms with Crippen LogP contribution in [0.25, 0.3) is 0 Å². The molecule has 4 rings (SSSR count). The minimum Gasteiger partial charge on any atom is -0.334 e. The van der Waals surface area contributed by atoms with Crippen molar-refractivity contribution in [3.63, 3.8) is 0 Å². The SMILES string of the molecule is O=C1CC[C@H](C2C=[NH+]c3ccccc32)N1Cc1ccccc1. The van der Waals surface area contributed by atoms with Crippen molar-refractivity contribution in [2.75, 3.05) is 0 Å². The van der Waals surface area contributed by atoms with Crippen LogP contribution in [0.15, 0.2) is 54.6 Å². The van der Waals surface area contributed by atoms with Crippen molar-refractivity contribution >= 4 is 17.8 Å². The summed E-state index contributed by atoms with van der Waals surface area (Å²) >= 11 is 0. The average Bonchev–Trinajstić information content (AvgIpc) is 3.13. The Bertz CT molecular complexity index is 723. The smallest absolute Gasteiger partial charge is 0.223 e. The fourth-order valence-corrected chi connectivity index (χ4v) is 3.62. The van der Waals surface area contributed by atoms with Gasteiger partial charge in [-0.25, -0.2) is 4.99 Å². The largest absolute Gasteiger partial charge is 0.334 e. The van der Waals surface area contributed by atoms with Crippen LogP contribution in [0.1, 0.15) is 29.9 Å². The molecular formula is C19H19N2O+. The number of fused-ring (bicyclic) bond motifs is 1. The van der Waals surface area contributed by atoms with Crippen LogP contribution in [0.2, 0.25) is 0 Å². The second-order valence-electron chi connectivity index (χ2n) is 6.04. The van der Waals surface area contributed by atoms with Crippen LogP contribution in [0.4, 0.5) is 5.69 Å². The number of nitrogens with one attached hydrogen (secondary N) is 1. The van der Waals surface area contributed by atoms with E-state index < -0.39 is 0 Å². The number of carbonyl (C=O) groups excluding carboxylic acids is 1. The van der Waals surface area contributed by atoms with E-state index in [4.69, 9.17) is 0 Å². The van der Waals surface area contributed by atoms with Gasteiger partial charge in [0.25, 0.3) is 0 Å². The van der Waals surface area contributed by atoms with Crippen LogP contribution < -0.4 is 4.99 Å². The van der Waals surface area contributed by atoms with E-state index >= 15 is 0 Å². The lowest BCUT2D eigenvalue weighted by molar-refractivity contribution is -0.344. The summed E-state index contributed by atoms with van der Waals surface area (Å²) in [6.07, 6.45) is 3.73. The van der Waals surface area contributed by atoms with Gasteiger partial charge in [-0.1, -0.05) is 48.5 Å². The predicted molar refractivity (Wildman–Crippen MR) is 85.9 cm³/mol. The molecule has 22 heavy (non-hydrogen) atoms. The first-order valence-electron chi connectivity index (χ1n) is 7.85.